The van der Waals surface area contributed by atoms with Crippen LogP contribution in [0.1, 0.15) is 0 Å². The van der Waals surface area contributed by atoms with Crippen molar-refractivity contribution >= 4 is 31.8 Å². The molecular weight excluding hydrogens is 434 g/mol. The van der Waals surface area contributed by atoms with Gasteiger partial charge in [0, 0.05) is 6.07 Å². The average molecular weight is 446 g/mol. The Labute approximate surface area is 163 Å². The summed E-state index contributed by atoms with van der Waals surface area (Å²) in [5, 5.41) is 4.11. The second-order valence-electron chi connectivity index (χ2n) is 5.45. The molecule has 0 fully saturated rings. The van der Waals surface area contributed by atoms with Crippen molar-refractivity contribution in [3.63, 3.8) is 0 Å². The van der Waals surface area contributed by atoms with E-state index in [1.165, 1.54) is 29.5 Å². The fourth-order valence-corrected chi connectivity index (χ4v) is 3.60. The number of benzene rings is 1. The first kappa shape index (κ1) is 17.4. The molecule has 0 aliphatic rings. The lowest BCUT2D eigenvalue weighted by Gasteiger charge is -2.06. The van der Waals surface area contributed by atoms with E-state index in [0.717, 1.165) is 5.69 Å². The first-order chi connectivity index (χ1) is 13.0. The Bertz CT molecular complexity index is 1190. The average Bonchev–Trinajstić information content (AvgIpc) is 3.32. The number of aromatic nitrogens is 4. The number of hydrogen-bond acceptors (Lipinski definition) is 6. The number of hydrogen-bond donors (Lipinski definition) is 1. The van der Waals surface area contributed by atoms with Gasteiger partial charge in [-0.1, -0.05) is 18.2 Å². The van der Waals surface area contributed by atoms with Crippen molar-refractivity contribution in [3.8, 4) is 17.1 Å². The van der Waals surface area contributed by atoms with E-state index in [0.29, 0.717) is 16.1 Å². The normalized spacial score (nSPS) is 11.4. The number of para-hydroxylation sites is 1. The lowest BCUT2D eigenvalue weighted by Crippen LogP contribution is -2.13. The predicted octanol–water partition coefficient (Wildman–Crippen LogP) is 3.49. The molecule has 0 bridgehead atoms. The second kappa shape index (κ2) is 6.97. The Morgan fingerprint density at radius 1 is 1.07 bits per heavy atom. The predicted molar refractivity (Wildman–Crippen MR) is 102 cm³/mol. The van der Waals surface area contributed by atoms with Gasteiger partial charge in [-0.15, -0.1) is 0 Å². The first-order valence-electron chi connectivity index (χ1n) is 7.72. The summed E-state index contributed by atoms with van der Waals surface area (Å²) in [6.07, 6.45) is 3.97. The monoisotopic (exact) mass is 445 g/mol. The molecule has 0 aliphatic carbocycles. The summed E-state index contributed by atoms with van der Waals surface area (Å²) in [5.74, 6) is 0.613. The van der Waals surface area contributed by atoms with Gasteiger partial charge in [0.2, 0.25) is 0 Å². The van der Waals surface area contributed by atoms with Gasteiger partial charge in [-0.3, -0.25) is 4.72 Å². The van der Waals surface area contributed by atoms with Crippen molar-refractivity contribution < 1.29 is 12.8 Å². The van der Waals surface area contributed by atoms with Gasteiger partial charge in [-0.2, -0.15) is 5.10 Å². The second-order valence-corrected chi connectivity index (χ2v) is 7.92. The van der Waals surface area contributed by atoms with Gasteiger partial charge in [-0.25, -0.2) is 23.1 Å². The highest BCUT2D eigenvalue weighted by molar-refractivity contribution is 9.10. The van der Waals surface area contributed by atoms with Crippen LogP contribution >= 0.6 is 15.9 Å². The standard InChI is InChI=1S/C17H12BrN5O3S/c18-16-7-6-15(26-16)14-8-17(20-11-19-14)22-27(24,25)13-9-21-23(10-13)12-4-2-1-3-5-12/h1-11H,(H,19,20,22). The van der Waals surface area contributed by atoms with E-state index in [9.17, 15) is 8.42 Å². The summed E-state index contributed by atoms with van der Waals surface area (Å²) in [6, 6.07) is 14.1. The van der Waals surface area contributed by atoms with Crippen LogP contribution in [0.25, 0.3) is 17.1 Å². The van der Waals surface area contributed by atoms with Crippen molar-refractivity contribution in [2.24, 2.45) is 0 Å². The first-order valence-corrected chi connectivity index (χ1v) is 9.99. The number of anilines is 1. The molecule has 0 radical (unpaired) electrons. The van der Waals surface area contributed by atoms with Crippen LogP contribution in [0.2, 0.25) is 0 Å². The van der Waals surface area contributed by atoms with Crippen LogP contribution in [0.4, 0.5) is 5.82 Å². The van der Waals surface area contributed by atoms with Gasteiger partial charge >= 0.3 is 0 Å². The molecule has 136 valence electrons. The van der Waals surface area contributed by atoms with Crippen molar-refractivity contribution in [1.82, 2.24) is 19.7 Å². The molecule has 0 atom stereocenters. The van der Waals surface area contributed by atoms with Crippen LogP contribution in [0.15, 0.2) is 81.2 Å². The molecule has 0 aliphatic heterocycles. The van der Waals surface area contributed by atoms with E-state index in [1.54, 1.807) is 12.1 Å². The van der Waals surface area contributed by atoms with Crippen LogP contribution < -0.4 is 4.72 Å². The molecule has 8 nitrogen and oxygen atoms in total. The third-order valence-corrected chi connectivity index (χ3v) is 5.36. The molecule has 0 amide bonds. The third-order valence-electron chi connectivity index (χ3n) is 3.62. The zero-order valence-electron chi connectivity index (χ0n) is 13.7. The molecule has 3 aromatic heterocycles. The van der Waals surface area contributed by atoms with Gasteiger partial charge in [0.25, 0.3) is 10.0 Å². The smallest absolute Gasteiger partial charge is 0.266 e. The lowest BCUT2D eigenvalue weighted by molar-refractivity contribution is 0.553. The van der Waals surface area contributed by atoms with E-state index in [-0.39, 0.29) is 10.7 Å². The molecule has 4 aromatic rings. The zero-order chi connectivity index (χ0) is 18.9. The highest BCUT2D eigenvalue weighted by Gasteiger charge is 2.18. The number of nitrogens with zero attached hydrogens (tertiary/aromatic N) is 4. The molecule has 4 rings (SSSR count). The van der Waals surface area contributed by atoms with E-state index in [1.807, 2.05) is 30.3 Å². The maximum absolute atomic E-state index is 12.6. The SMILES string of the molecule is O=S(=O)(Nc1cc(-c2ccc(Br)o2)ncn1)c1cnn(-c2ccccc2)c1. The number of sulfonamides is 1. The summed E-state index contributed by atoms with van der Waals surface area (Å²) >= 11 is 3.22. The number of furan rings is 1. The Balaban J connectivity index is 1.60. The van der Waals surface area contributed by atoms with Gasteiger partial charge in [0.15, 0.2) is 10.4 Å². The third kappa shape index (κ3) is 3.76. The summed E-state index contributed by atoms with van der Waals surface area (Å²) < 4.78 is 35.2. The fraction of sp³-hybridized carbons (Fsp3) is 0. The van der Waals surface area contributed by atoms with Crippen molar-refractivity contribution in [3.05, 3.63) is 71.9 Å². The molecule has 0 saturated heterocycles. The van der Waals surface area contributed by atoms with Crippen LogP contribution in [0, 0.1) is 0 Å². The van der Waals surface area contributed by atoms with E-state index >= 15 is 0 Å². The highest BCUT2D eigenvalue weighted by Crippen LogP contribution is 2.25. The molecular formula is C17H12BrN5O3S. The van der Waals surface area contributed by atoms with Crippen LogP contribution in [-0.2, 0) is 10.0 Å². The van der Waals surface area contributed by atoms with Gasteiger partial charge in [0.05, 0.1) is 18.1 Å². The number of halogens is 1. The molecule has 27 heavy (non-hydrogen) atoms. The molecule has 10 heteroatoms. The topological polar surface area (TPSA) is 103 Å². The molecule has 0 unspecified atom stereocenters. The van der Waals surface area contributed by atoms with Crippen LogP contribution in [0.5, 0.6) is 0 Å². The van der Waals surface area contributed by atoms with E-state index in [4.69, 9.17) is 4.42 Å². The van der Waals surface area contributed by atoms with Gasteiger partial charge in [0.1, 0.15) is 22.7 Å². The summed E-state index contributed by atoms with van der Waals surface area (Å²) in [5.41, 5.74) is 1.21. The van der Waals surface area contributed by atoms with Crippen molar-refractivity contribution in [1.29, 1.82) is 0 Å². The van der Waals surface area contributed by atoms with Crippen molar-refractivity contribution in [2.75, 3.05) is 4.72 Å². The number of nitrogens with one attached hydrogen (secondary N) is 1. The Kier molecular flexibility index (Phi) is 4.50. The molecule has 0 saturated carbocycles. The van der Waals surface area contributed by atoms with E-state index < -0.39 is 10.0 Å². The van der Waals surface area contributed by atoms with Gasteiger partial charge < -0.3 is 4.42 Å². The number of rotatable bonds is 5. The maximum Gasteiger partial charge on any atom is 0.266 e. The Morgan fingerprint density at radius 2 is 1.89 bits per heavy atom. The maximum atomic E-state index is 12.6. The summed E-state index contributed by atoms with van der Waals surface area (Å²) in [7, 11) is -3.86. The van der Waals surface area contributed by atoms with Crippen molar-refractivity contribution in [2.45, 2.75) is 4.90 Å². The highest BCUT2D eigenvalue weighted by atomic mass is 79.9. The van der Waals surface area contributed by atoms with E-state index in [2.05, 4.69) is 35.7 Å². The molecule has 1 N–H and O–H groups in total. The Morgan fingerprint density at radius 3 is 2.63 bits per heavy atom. The minimum absolute atomic E-state index is 0.0206. The molecule has 3 heterocycles. The quantitative estimate of drug-likeness (QED) is 0.504. The Hall–Kier alpha value is -2.98. The molecule has 1 aromatic carbocycles. The largest absolute Gasteiger partial charge is 0.448 e. The molecule has 0 spiro atoms. The van der Waals surface area contributed by atoms with Crippen LogP contribution in [-0.4, -0.2) is 28.2 Å². The minimum Gasteiger partial charge on any atom is -0.448 e. The zero-order valence-corrected chi connectivity index (χ0v) is 16.1. The fourth-order valence-electron chi connectivity index (χ4n) is 2.36. The summed E-state index contributed by atoms with van der Waals surface area (Å²) in [6.45, 7) is 0. The van der Waals surface area contributed by atoms with Gasteiger partial charge in [-0.05, 0) is 40.2 Å². The summed E-state index contributed by atoms with van der Waals surface area (Å²) in [4.78, 5) is 8.08. The lowest BCUT2D eigenvalue weighted by atomic mass is 10.3. The minimum atomic E-state index is -3.86. The van der Waals surface area contributed by atoms with Crippen LogP contribution in [0.3, 0.4) is 0 Å².